The minimum atomic E-state index is 0.877. The average molecular weight is 280 g/mol. The lowest BCUT2D eigenvalue weighted by molar-refractivity contribution is 0.0356. The third kappa shape index (κ3) is 3.96. The summed E-state index contributed by atoms with van der Waals surface area (Å²) in [4.78, 5) is 2.89. The zero-order valence-corrected chi connectivity index (χ0v) is 13.0. The lowest BCUT2D eigenvalue weighted by Gasteiger charge is -2.40. The molecule has 0 bridgehead atoms. The zero-order chi connectivity index (χ0) is 13.6. The first-order valence-electron chi connectivity index (χ1n) is 8.96. The summed E-state index contributed by atoms with van der Waals surface area (Å²) >= 11 is 0. The summed E-state index contributed by atoms with van der Waals surface area (Å²) in [5.74, 6) is 1.85. The second-order valence-electron chi connectivity index (χ2n) is 7.05. The quantitative estimate of drug-likeness (QED) is 0.860. The van der Waals surface area contributed by atoms with Gasteiger partial charge in [-0.25, -0.2) is 0 Å². The topological polar surface area (TPSA) is 24.5 Å². The molecule has 0 spiro atoms. The summed E-state index contributed by atoms with van der Waals surface area (Å²) in [7, 11) is 0. The van der Waals surface area contributed by atoms with Crippen molar-refractivity contribution in [1.29, 1.82) is 0 Å². The van der Waals surface area contributed by atoms with E-state index in [0.717, 1.165) is 31.1 Å². The minimum absolute atomic E-state index is 0.877. The van der Waals surface area contributed by atoms with Crippen LogP contribution in [0.25, 0.3) is 0 Å². The van der Waals surface area contributed by atoms with E-state index < -0.39 is 0 Å². The molecule has 116 valence electrons. The van der Waals surface area contributed by atoms with E-state index in [1.54, 1.807) is 0 Å². The summed E-state index contributed by atoms with van der Waals surface area (Å²) in [6.45, 7) is 7.18. The Kier molecular flexibility index (Phi) is 5.75. The predicted molar refractivity (Wildman–Crippen MR) is 83.0 cm³/mol. The SMILES string of the molecule is C1CCC(C2CCNCC2)N(CC2CCOCC2)CC1. The lowest BCUT2D eigenvalue weighted by Crippen LogP contribution is -2.46. The number of hydrogen-bond acceptors (Lipinski definition) is 3. The first-order valence-corrected chi connectivity index (χ1v) is 8.96. The Morgan fingerprint density at radius 2 is 1.70 bits per heavy atom. The minimum Gasteiger partial charge on any atom is -0.381 e. The maximum atomic E-state index is 5.53. The van der Waals surface area contributed by atoms with Crippen LogP contribution in [0.3, 0.4) is 0 Å². The van der Waals surface area contributed by atoms with Crippen LogP contribution in [0, 0.1) is 11.8 Å². The Morgan fingerprint density at radius 3 is 2.50 bits per heavy atom. The van der Waals surface area contributed by atoms with Crippen LogP contribution in [0.15, 0.2) is 0 Å². The van der Waals surface area contributed by atoms with Crippen molar-refractivity contribution in [3.8, 4) is 0 Å². The molecule has 1 N–H and O–H groups in total. The molecule has 3 aliphatic rings. The number of likely N-dealkylation sites (tertiary alicyclic amines) is 1. The molecule has 0 saturated carbocycles. The predicted octanol–water partition coefficient (Wildman–Crippen LogP) is 2.66. The Balaban J connectivity index is 1.60. The summed E-state index contributed by atoms with van der Waals surface area (Å²) in [6, 6.07) is 0.877. The molecular formula is C17H32N2O. The van der Waals surface area contributed by atoms with E-state index in [4.69, 9.17) is 4.74 Å². The molecule has 0 aromatic carbocycles. The molecule has 20 heavy (non-hydrogen) atoms. The van der Waals surface area contributed by atoms with Crippen LogP contribution in [-0.4, -0.2) is 50.3 Å². The molecule has 0 aromatic rings. The van der Waals surface area contributed by atoms with E-state index in [1.807, 2.05) is 0 Å². The van der Waals surface area contributed by atoms with Crippen molar-refractivity contribution < 1.29 is 4.74 Å². The molecule has 1 atom stereocenters. The van der Waals surface area contributed by atoms with Gasteiger partial charge in [0.05, 0.1) is 0 Å². The zero-order valence-electron chi connectivity index (χ0n) is 13.0. The molecule has 0 radical (unpaired) electrons. The largest absolute Gasteiger partial charge is 0.381 e. The summed E-state index contributed by atoms with van der Waals surface area (Å²) in [6.07, 6.45) is 11.2. The molecule has 3 heteroatoms. The lowest BCUT2D eigenvalue weighted by atomic mass is 9.86. The van der Waals surface area contributed by atoms with E-state index >= 15 is 0 Å². The molecule has 0 aromatic heterocycles. The Labute approximate surface area is 124 Å². The Bertz CT molecular complexity index is 272. The molecular weight excluding hydrogens is 248 g/mol. The normalized spacial score (nSPS) is 32.1. The summed E-state index contributed by atoms with van der Waals surface area (Å²) in [5, 5.41) is 3.53. The van der Waals surface area contributed by atoms with Crippen LogP contribution in [-0.2, 0) is 4.74 Å². The van der Waals surface area contributed by atoms with Crippen molar-refractivity contribution in [3.05, 3.63) is 0 Å². The van der Waals surface area contributed by atoms with Crippen molar-refractivity contribution in [2.75, 3.05) is 39.4 Å². The number of ether oxygens (including phenoxy) is 1. The van der Waals surface area contributed by atoms with Gasteiger partial charge in [0, 0.05) is 25.8 Å². The fourth-order valence-corrected chi connectivity index (χ4v) is 4.44. The highest BCUT2D eigenvalue weighted by atomic mass is 16.5. The smallest absolute Gasteiger partial charge is 0.0469 e. The van der Waals surface area contributed by atoms with E-state index in [2.05, 4.69) is 10.2 Å². The second kappa shape index (κ2) is 7.77. The number of nitrogens with zero attached hydrogens (tertiary/aromatic N) is 1. The molecule has 1 unspecified atom stereocenters. The van der Waals surface area contributed by atoms with Crippen molar-refractivity contribution in [1.82, 2.24) is 10.2 Å². The molecule has 3 rings (SSSR count). The van der Waals surface area contributed by atoms with Crippen LogP contribution < -0.4 is 5.32 Å². The molecule has 3 nitrogen and oxygen atoms in total. The van der Waals surface area contributed by atoms with Crippen LogP contribution in [0.1, 0.15) is 51.4 Å². The van der Waals surface area contributed by atoms with Gasteiger partial charge in [-0.1, -0.05) is 12.8 Å². The van der Waals surface area contributed by atoms with E-state index in [9.17, 15) is 0 Å². The van der Waals surface area contributed by atoms with E-state index in [-0.39, 0.29) is 0 Å². The highest BCUT2D eigenvalue weighted by molar-refractivity contribution is 4.86. The maximum absolute atomic E-state index is 5.53. The molecule has 3 fully saturated rings. The Morgan fingerprint density at radius 1 is 0.900 bits per heavy atom. The third-order valence-corrected chi connectivity index (χ3v) is 5.68. The van der Waals surface area contributed by atoms with Crippen molar-refractivity contribution >= 4 is 0 Å². The van der Waals surface area contributed by atoms with Crippen LogP contribution in [0.5, 0.6) is 0 Å². The maximum Gasteiger partial charge on any atom is 0.0469 e. The number of piperidine rings is 1. The Hall–Kier alpha value is -0.120. The van der Waals surface area contributed by atoms with E-state index in [1.165, 1.54) is 77.5 Å². The molecule has 3 saturated heterocycles. The second-order valence-corrected chi connectivity index (χ2v) is 7.05. The first-order chi connectivity index (χ1) is 9.93. The average Bonchev–Trinajstić information content (AvgIpc) is 2.75. The van der Waals surface area contributed by atoms with Crippen LogP contribution in [0.4, 0.5) is 0 Å². The van der Waals surface area contributed by atoms with Crippen molar-refractivity contribution in [3.63, 3.8) is 0 Å². The summed E-state index contributed by atoms with van der Waals surface area (Å²) in [5.41, 5.74) is 0. The van der Waals surface area contributed by atoms with Gasteiger partial charge < -0.3 is 10.1 Å². The van der Waals surface area contributed by atoms with Gasteiger partial charge in [0.15, 0.2) is 0 Å². The summed E-state index contributed by atoms with van der Waals surface area (Å²) < 4.78 is 5.53. The number of hydrogen-bond donors (Lipinski definition) is 1. The monoisotopic (exact) mass is 280 g/mol. The molecule has 3 aliphatic heterocycles. The van der Waals surface area contributed by atoms with Crippen molar-refractivity contribution in [2.45, 2.75) is 57.4 Å². The van der Waals surface area contributed by atoms with Gasteiger partial charge in [-0.2, -0.15) is 0 Å². The molecule has 0 amide bonds. The van der Waals surface area contributed by atoms with Gasteiger partial charge in [-0.15, -0.1) is 0 Å². The van der Waals surface area contributed by atoms with Crippen LogP contribution in [0.2, 0.25) is 0 Å². The van der Waals surface area contributed by atoms with Gasteiger partial charge in [-0.05, 0) is 70.0 Å². The van der Waals surface area contributed by atoms with Gasteiger partial charge >= 0.3 is 0 Å². The van der Waals surface area contributed by atoms with Gasteiger partial charge in [0.25, 0.3) is 0 Å². The number of rotatable bonds is 3. The van der Waals surface area contributed by atoms with E-state index in [0.29, 0.717) is 0 Å². The highest BCUT2D eigenvalue weighted by Crippen LogP contribution is 2.30. The standard InChI is InChI=1S/C17H32N2O/c1-2-4-17(16-5-9-18-10-6-16)19(11-3-1)14-15-7-12-20-13-8-15/h15-18H,1-14H2. The fourth-order valence-electron chi connectivity index (χ4n) is 4.44. The first kappa shape index (κ1) is 14.8. The highest BCUT2D eigenvalue weighted by Gasteiger charge is 2.31. The van der Waals surface area contributed by atoms with Crippen molar-refractivity contribution in [2.24, 2.45) is 11.8 Å². The third-order valence-electron chi connectivity index (χ3n) is 5.68. The molecule has 0 aliphatic carbocycles. The molecule has 3 heterocycles. The van der Waals surface area contributed by atoms with Crippen LogP contribution >= 0.6 is 0 Å². The van der Waals surface area contributed by atoms with Gasteiger partial charge in [0.2, 0.25) is 0 Å². The van der Waals surface area contributed by atoms with Gasteiger partial charge in [0.1, 0.15) is 0 Å². The number of nitrogens with one attached hydrogen (secondary N) is 1. The fraction of sp³-hybridized carbons (Fsp3) is 1.00. The van der Waals surface area contributed by atoms with Gasteiger partial charge in [-0.3, -0.25) is 4.90 Å².